The Labute approximate surface area is 148 Å². The highest BCUT2D eigenvalue weighted by atomic mass is 32.2. The van der Waals surface area contributed by atoms with E-state index in [1.807, 2.05) is 0 Å². The van der Waals surface area contributed by atoms with Crippen molar-refractivity contribution in [3.05, 3.63) is 29.3 Å². The number of piperidine rings is 1. The van der Waals surface area contributed by atoms with Crippen molar-refractivity contribution in [2.75, 3.05) is 26.7 Å². The molecule has 1 aliphatic rings. The van der Waals surface area contributed by atoms with E-state index >= 15 is 0 Å². The van der Waals surface area contributed by atoms with E-state index in [-0.39, 0.29) is 22.7 Å². The Morgan fingerprint density at radius 1 is 1.28 bits per heavy atom. The quantitative estimate of drug-likeness (QED) is 0.791. The summed E-state index contributed by atoms with van der Waals surface area (Å²) >= 11 is 0. The first kappa shape index (κ1) is 19.4. The molecule has 7 nitrogen and oxygen atoms in total. The summed E-state index contributed by atoms with van der Waals surface area (Å²) in [6, 6.07) is 4.51. The molecule has 138 valence electrons. The average Bonchev–Trinajstić information content (AvgIpc) is 2.61. The van der Waals surface area contributed by atoms with E-state index in [1.54, 1.807) is 24.8 Å². The molecule has 8 heteroatoms. The Hall–Kier alpha value is -1.93. The number of benzene rings is 1. The van der Waals surface area contributed by atoms with Crippen molar-refractivity contribution in [3.63, 3.8) is 0 Å². The van der Waals surface area contributed by atoms with Gasteiger partial charge in [0.25, 0.3) is 5.91 Å². The summed E-state index contributed by atoms with van der Waals surface area (Å²) in [5, 5.41) is 0. The van der Waals surface area contributed by atoms with Gasteiger partial charge in [-0.15, -0.1) is 0 Å². The van der Waals surface area contributed by atoms with Gasteiger partial charge >= 0.3 is 5.97 Å². The predicted molar refractivity (Wildman–Crippen MR) is 92.7 cm³/mol. The van der Waals surface area contributed by atoms with Crippen LogP contribution in [0.2, 0.25) is 0 Å². The van der Waals surface area contributed by atoms with Crippen molar-refractivity contribution in [3.8, 4) is 0 Å². The number of carbonyl (C=O) groups excluding carboxylic acids is 2. The third kappa shape index (κ3) is 4.38. The van der Waals surface area contributed by atoms with E-state index in [9.17, 15) is 18.0 Å². The lowest BCUT2D eigenvalue weighted by Crippen LogP contribution is -2.41. The van der Waals surface area contributed by atoms with Gasteiger partial charge in [-0.05, 0) is 51.4 Å². The van der Waals surface area contributed by atoms with E-state index in [4.69, 9.17) is 4.74 Å². The number of ether oxygens (including phenoxy) is 1. The first-order valence-corrected chi connectivity index (χ1v) is 9.78. The Kier molecular flexibility index (Phi) is 6.18. The van der Waals surface area contributed by atoms with Gasteiger partial charge in [0, 0.05) is 18.7 Å². The highest BCUT2D eigenvalue weighted by molar-refractivity contribution is 7.89. The maximum Gasteiger partial charge on any atom is 0.309 e. The van der Waals surface area contributed by atoms with Crippen molar-refractivity contribution < 1.29 is 22.7 Å². The summed E-state index contributed by atoms with van der Waals surface area (Å²) in [5.41, 5.74) is 1.08. The Morgan fingerprint density at radius 3 is 2.48 bits per heavy atom. The molecule has 1 N–H and O–H groups in total. The Balaban J connectivity index is 2.14. The average molecular weight is 368 g/mol. The molecule has 0 spiro atoms. The smallest absolute Gasteiger partial charge is 0.309 e. The van der Waals surface area contributed by atoms with Crippen LogP contribution in [0.1, 0.15) is 35.7 Å². The minimum Gasteiger partial charge on any atom is -0.466 e. The van der Waals surface area contributed by atoms with Crippen LogP contribution < -0.4 is 4.72 Å². The molecule has 1 aliphatic heterocycles. The van der Waals surface area contributed by atoms with E-state index < -0.39 is 10.0 Å². The fraction of sp³-hybridized carbons (Fsp3) is 0.529. The first-order valence-electron chi connectivity index (χ1n) is 8.30. The number of likely N-dealkylation sites (tertiary alicyclic amines) is 1. The van der Waals surface area contributed by atoms with Gasteiger partial charge in [0.05, 0.1) is 17.4 Å². The van der Waals surface area contributed by atoms with Crippen molar-refractivity contribution >= 4 is 21.9 Å². The molecule has 25 heavy (non-hydrogen) atoms. The molecule has 0 aromatic heterocycles. The van der Waals surface area contributed by atoms with Crippen molar-refractivity contribution in [2.45, 2.75) is 31.6 Å². The van der Waals surface area contributed by atoms with Crippen LogP contribution in [0.3, 0.4) is 0 Å². The summed E-state index contributed by atoms with van der Waals surface area (Å²) in [6.07, 6.45) is 1.11. The lowest BCUT2D eigenvalue weighted by Gasteiger charge is -2.31. The molecule has 0 saturated carbocycles. The maximum atomic E-state index is 12.8. The van der Waals surface area contributed by atoms with Crippen molar-refractivity contribution in [1.29, 1.82) is 0 Å². The maximum absolute atomic E-state index is 12.8. The summed E-state index contributed by atoms with van der Waals surface area (Å²) in [5.74, 6) is -0.609. The molecule has 1 aromatic carbocycles. The highest BCUT2D eigenvalue weighted by Gasteiger charge is 2.29. The van der Waals surface area contributed by atoms with E-state index in [2.05, 4.69) is 4.72 Å². The second-order valence-corrected chi connectivity index (χ2v) is 7.89. The Bertz CT molecular complexity index is 752. The van der Waals surface area contributed by atoms with Crippen LogP contribution in [0, 0.1) is 12.8 Å². The van der Waals surface area contributed by atoms with E-state index in [1.165, 1.54) is 19.2 Å². The summed E-state index contributed by atoms with van der Waals surface area (Å²) in [6.45, 7) is 4.79. The number of hydrogen-bond acceptors (Lipinski definition) is 5. The van der Waals surface area contributed by atoms with Crippen LogP contribution in [-0.4, -0.2) is 51.9 Å². The fourth-order valence-corrected chi connectivity index (χ4v) is 3.62. The van der Waals surface area contributed by atoms with Crippen LogP contribution in [-0.2, 0) is 19.6 Å². The molecule has 1 heterocycles. The third-order valence-electron chi connectivity index (χ3n) is 4.42. The number of carbonyl (C=O) groups is 2. The van der Waals surface area contributed by atoms with Gasteiger partial charge in [-0.3, -0.25) is 9.59 Å². The van der Waals surface area contributed by atoms with Gasteiger partial charge in [-0.1, -0.05) is 6.07 Å². The topological polar surface area (TPSA) is 92.8 Å². The normalized spacial score (nSPS) is 15.9. The SMILES string of the molecule is CCOC(=O)C1CCN(C(=O)c2cc(S(=O)(=O)NC)ccc2C)CC1. The zero-order chi connectivity index (χ0) is 18.6. The van der Waals surface area contributed by atoms with Gasteiger partial charge in [-0.2, -0.15) is 0 Å². The van der Waals surface area contributed by atoms with Gasteiger partial charge in [0.1, 0.15) is 0 Å². The third-order valence-corrected chi connectivity index (χ3v) is 5.83. The van der Waals surface area contributed by atoms with Crippen molar-refractivity contribution in [1.82, 2.24) is 9.62 Å². The van der Waals surface area contributed by atoms with E-state index in [0.29, 0.717) is 43.7 Å². The van der Waals surface area contributed by atoms with Gasteiger partial charge < -0.3 is 9.64 Å². The van der Waals surface area contributed by atoms with Gasteiger partial charge in [0.2, 0.25) is 10.0 Å². The summed E-state index contributed by atoms with van der Waals surface area (Å²) < 4.78 is 31.2. The number of rotatable bonds is 5. The zero-order valence-corrected chi connectivity index (χ0v) is 15.6. The number of hydrogen-bond donors (Lipinski definition) is 1. The second kappa shape index (κ2) is 7.97. The number of nitrogens with one attached hydrogen (secondary N) is 1. The van der Waals surface area contributed by atoms with Gasteiger partial charge in [-0.25, -0.2) is 13.1 Å². The largest absolute Gasteiger partial charge is 0.466 e. The standard InChI is InChI=1S/C17H24N2O5S/c1-4-24-17(21)13-7-9-19(10-8-13)16(20)15-11-14(6-5-12(15)2)25(22,23)18-3/h5-6,11,13,18H,4,7-10H2,1-3H3. The van der Waals surface area contributed by atoms with Crippen LogP contribution in [0.25, 0.3) is 0 Å². The molecule has 0 aliphatic carbocycles. The van der Waals surface area contributed by atoms with Crippen LogP contribution in [0.4, 0.5) is 0 Å². The molecule has 1 aromatic rings. The molecule has 0 unspecified atom stereocenters. The highest BCUT2D eigenvalue weighted by Crippen LogP contribution is 2.23. The van der Waals surface area contributed by atoms with E-state index in [0.717, 1.165) is 0 Å². The minimum atomic E-state index is -3.61. The molecule has 0 bridgehead atoms. The molecular weight excluding hydrogens is 344 g/mol. The lowest BCUT2D eigenvalue weighted by molar-refractivity contribution is -0.149. The summed E-state index contributed by atoms with van der Waals surface area (Å²) in [7, 11) is -2.28. The Morgan fingerprint density at radius 2 is 1.92 bits per heavy atom. The van der Waals surface area contributed by atoms with Crippen LogP contribution in [0.15, 0.2) is 23.1 Å². The zero-order valence-electron chi connectivity index (χ0n) is 14.7. The molecule has 1 saturated heterocycles. The molecule has 2 rings (SSSR count). The molecule has 0 atom stereocenters. The monoisotopic (exact) mass is 368 g/mol. The second-order valence-electron chi connectivity index (χ2n) is 6.00. The molecule has 1 fully saturated rings. The van der Waals surface area contributed by atoms with Crippen LogP contribution >= 0.6 is 0 Å². The number of nitrogens with zero attached hydrogens (tertiary/aromatic N) is 1. The van der Waals surface area contributed by atoms with Gasteiger partial charge in [0.15, 0.2) is 0 Å². The molecule has 0 radical (unpaired) electrons. The minimum absolute atomic E-state index is 0.0605. The number of sulfonamides is 1. The molecule has 1 amide bonds. The van der Waals surface area contributed by atoms with Crippen molar-refractivity contribution in [2.24, 2.45) is 5.92 Å². The number of aryl methyl sites for hydroxylation is 1. The lowest BCUT2D eigenvalue weighted by atomic mass is 9.96. The first-order chi connectivity index (χ1) is 11.8. The number of esters is 1. The molecular formula is C17H24N2O5S. The number of amides is 1. The predicted octanol–water partition coefficient (Wildman–Crippen LogP) is 1.32. The fourth-order valence-electron chi connectivity index (χ4n) is 2.87. The summed E-state index contributed by atoms with van der Waals surface area (Å²) in [4.78, 5) is 26.3. The van der Waals surface area contributed by atoms with Crippen LogP contribution in [0.5, 0.6) is 0 Å².